The topological polar surface area (TPSA) is 67.6 Å². The molecule has 19 heavy (non-hydrogen) atoms. The third kappa shape index (κ3) is 2.20. The molecule has 6 nitrogen and oxygen atoms in total. The average molecular weight is 265 g/mol. The second-order valence-corrected chi connectivity index (χ2v) is 5.61. The molecule has 0 radical (unpaired) electrons. The van der Waals surface area contributed by atoms with Gasteiger partial charge in [0.15, 0.2) is 5.82 Å². The molecule has 1 aromatic rings. The summed E-state index contributed by atoms with van der Waals surface area (Å²) in [6.45, 7) is 0.801. The highest BCUT2D eigenvalue weighted by atomic mass is 16.6. The van der Waals surface area contributed by atoms with E-state index in [1.165, 1.54) is 0 Å². The lowest BCUT2D eigenvalue weighted by atomic mass is 9.79. The van der Waals surface area contributed by atoms with Crippen LogP contribution in [0, 0.1) is 5.92 Å². The minimum atomic E-state index is -0.375. The molecule has 0 bridgehead atoms. The second kappa shape index (κ2) is 4.52. The summed E-state index contributed by atoms with van der Waals surface area (Å²) in [6.07, 6.45) is 5.00. The van der Waals surface area contributed by atoms with Crippen molar-refractivity contribution in [2.24, 2.45) is 13.0 Å². The van der Waals surface area contributed by atoms with E-state index in [0.29, 0.717) is 18.3 Å². The predicted octanol–water partition coefficient (Wildman–Crippen LogP) is 1.30. The van der Waals surface area contributed by atoms with Crippen molar-refractivity contribution in [3.05, 3.63) is 12.3 Å². The molecule has 0 aromatic carbocycles. The first-order valence-electron chi connectivity index (χ1n) is 6.73. The van der Waals surface area contributed by atoms with Crippen molar-refractivity contribution in [2.45, 2.75) is 31.3 Å². The maximum Gasteiger partial charge on any atom is 0.416 e. The van der Waals surface area contributed by atoms with Crippen LogP contribution in [0.25, 0.3) is 0 Å². The summed E-state index contributed by atoms with van der Waals surface area (Å²) in [7, 11) is 1.83. The van der Waals surface area contributed by atoms with E-state index in [-0.39, 0.29) is 18.3 Å². The molecule has 104 valence electrons. The molecule has 3 rings (SSSR count). The maximum atomic E-state index is 12.0. The Kier molecular flexibility index (Phi) is 2.97. The molecule has 1 N–H and O–H groups in total. The summed E-state index contributed by atoms with van der Waals surface area (Å²) in [4.78, 5) is 13.6. The molecule has 0 atom stereocenters. The Morgan fingerprint density at radius 1 is 1.53 bits per heavy atom. The number of aryl methyl sites for hydroxylation is 1. The van der Waals surface area contributed by atoms with Crippen molar-refractivity contribution in [1.82, 2.24) is 9.78 Å². The predicted molar refractivity (Wildman–Crippen MR) is 68.8 cm³/mol. The fourth-order valence-electron chi connectivity index (χ4n) is 2.99. The zero-order valence-corrected chi connectivity index (χ0v) is 11.1. The smallest absolute Gasteiger partial charge is 0.416 e. The van der Waals surface area contributed by atoms with Gasteiger partial charge in [0.25, 0.3) is 0 Å². The van der Waals surface area contributed by atoms with Crippen LogP contribution in [0.5, 0.6) is 0 Å². The molecular weight excluding hydrogens is 246 g/mol. The van der Waals surface area contributed by atoms with Gasteiger partial charge in [-0.15, -0.1) is 0 Å². The van der Waals surface area contributed by atoms with E-state index in [4.69, 9.17) is 4.74 Å². The van der Waals surface area contributed by atoms with Crippen LogP contribution < -0.4 is 4.90 Å². The first kappa shape index (κ1) is 12.5. The molecule has 2 heterocycles. The van der Waals surface area contributed by atoms with Crippen molar-refractivity contribution >= 4 is 11.9 Å². The summed E-state index contributed by atoms with van der Waals surface area (Å²) in [5.74, 6) is 1.00. The zero-order chi connectivity index (χ0) is 13.5. The number of aliphatic hydroxyl groups is 1. The van der Waals surface area contributed by atoms with Gasteiger partial charge in [-0.1, -0.05) is 0 Å². The zero-order valence-electron chi connectivity index (χ0n) is 11.1. The highest BCUT2D eigenvalue weighted by Gasteiger charge is 2.48. The first-order chi connectivity index (χ1) is 9.12. The summed E-state index contributed by atoms with van der Waals surface area (Å²) in [5.41, 5.74) is -0.375. The third-order valence-corrected chi connectivity index (χ3v) is 4.22. The molecule has 1 aliphatic heterocycles. The number of rotatable bonds is 2. The quantitative estimate of drug-likeness (QED) is 0.875. The molecule has 2 fully saturated rings. The van der Waals surface area contributed by atoms with Crippen molar-refractivity contribution in [3.8, 4) is 0 Å². The second-order valence-electron chi connectivity index (χ2n) is 5.61. The molecule has 6 heteroatoms. The third-order valence-electron chi connectivity index (χ3n) is 4.22. The van der Waals surface area contributed by atoms with Crippen LogP contribution in [-0.4, -0.2) is 39.7 Å². The highest BCUT2D eigenvalue weighted by Crippen LogP contribution is 2.40. The maximum absolute atomic E-state index is 12.0. The van der Waals surface area contributed by atoms with E-state index in [9.17, 15) is 9.90 Å². The molecule has 1 saturated carbocycles. The minimum Gasteiger partial charge on any atom is -0.441 e. The number of carbonyl (C=O) groups is 1. The molecule has 2 aliphatic rings. The van der Waals surface area contributed by atoms with Crippen LogP contribution >= 0.6 is 0 Å². The number of hydrogen-bond acceptors (Lipinski definition) is 4. The Morgan fingerprint density at radius 2 is 2.26 bits per heavy atom. The first-order valence-corrected chi connectivity index (χ1v) is 6.73. The van der Waals surface area contributed by atoms with E-state index in [1.807, 2.05) is 19.3 Å². The number of anilines is 1. The van der Waals surface area contributed by atoms with Crippen LogP contribution in [0.3, 0.4) is 0 Å². The van der Waals surface area contributed by atoms with E-state index in [1.54, 1.807) is 9.58 Å². The lowest BCUT2D eigenvalue weighted by Crippen LogP contribution is -2.39. The van der Waals surface area contributed by atoms with Crippen molar-refractivity contribution in [3.63, 3.8) is 0 Å². The summed E-state index contributed by atoms with van der Waals surface area (Å²) < 4.78 is 7.29. The normalized spacial score (nSPS) is 30.9. The standard InChI is InChI=1S/C13H19N3O3/c1-15-7-4-11(14-15)16-9-13(19-12(16)18)5-2-10(8-17)3-6-13/h4,7,10,17H,2-3,5-6,8-9H2,1H3. The van der Waals surface area contributed by atoms with Gasteiger partial charge in [0.2, 0.25) is 0 Å². The lowest BCUT2D eigenvalue weighted by Gasteiger charge is -2.34. The van der Waals surface area contributed by atoms with Crippen LogP contribution in [-0.2, 0) is 11.8 Å². The van der Waals surface area contributed by atoms with Gasteiger partial charge in [-0.05, 0) is 31.6 Å². The molecule has 1 aromatic heterocycles. The van der Waals surface area contributed by atoms with Crippen LogP contribution in [0.2, 0.25) is 0 Å². The number of ether oxygens (including phenoxy) is 1. The Bertz CT molecular complexity index is 477. The Balaban J connectivity index is 1.73. The van der Waals surface area contributed by atoms with Crippen molar-refractivity contribution in [1.29, 1.82) is 0 Å². The number of carbonyl (C=O) groups excluding carboxylic acids is 1. The monoisotopic (exact) mass is 265 g/mol. The SMILES string of the molecule is Cn1ccc(N2CC3(CCC(CO)CC3)OC2=O)n1. The summed E-state index contributed by atoms with van der Waals surface area (Å²) in [5, 5.41) is 13.4. The molecule has 0 unspecified atom stereocenters. The highest BCUT2D eigenvalue weighted by molar-refractivity contribution is 5.89. The van der Waals surface area contributed by atoms with Gasteiger partial charge < -0.3 is 9.84 Å². The van der Waals surface area contributed by atoms with Crippen molar-refractivity contribution in [2.75, 3.05) is 18.1 Å². The van der Waals surface area contributed by atoms with Crippen molar-refractivity contribution < 1.29 is 14.6 Å². The fraction of sp³-hybridized carbons (Fsp3) is 0.692. The van der Waals surface area contributed by atoms with Crippen LogP contribution in [0.15, 0.2) is 12.3 Å². The Hall–Kier alpha value is -1.56. The van der Waals surface area contributed by atoms with E-state index in [0.717, 1.165) is 25.7 Å². The summed E-state index contributed by atoms with van der Waals surface area (Å²) >= 11 is 0. The Morgan fingerprint density at radius 3 is 2.84 bits per heavy atom. The van der Waals surface area contributed by atoms with Crippen LogP contribution in [0.4, 0.5) is 10.6 Å². The minimum absolute atomic E-state index is 0.230. The number of nitrogens with zero attached hydrogens (tertiary/aromatic N) is 3. The van der Waals surface area contributed by atoms with Gasteiger partial charge in [-0.25, -0.2) is 4.79 Å². The van der Waals surface area contributed by atoms with Gasteiger partial charge >= 0.3 is 6.09 Å². The molecule has 1 amide bonds. The fourth-order valence-corrected chi connectivity index (χ4v) is 2.99. The largest absolute Gasteiger partial charge is 0.441 e. The van der Waals surface area contributed by atoms with Gasteiger partial charge in [0.05, 0.1) is 6.54 Å². The van der Waals surface area contributed by atoms with Gasteiger partial charge in [-0.2, -0.15) is 5.10 Å². The number of hydrogen-bond donors (Lipinski definition) is 1. The molecule has 1 aliphatic carbocycles. The Labute approximate surface area is 112 Å². The van der Waals surface area contributed by atoms with E-state index in [2.05, 4.69) is 5.10 Å². The van der Waals surface area contributed by atoms with Gasteiger partial charge in [-0.3, -0.25) is 9.58 Å². The molecular formula is C13H19N3O3. The molecule has 1 spiro atoms. The number of amides is 1. The van der Waals surface area contributed by atoms with E-state index >= 15 is 0 Å². The number of aromatic nitrogens is 2. The number of aliphatic hydroxyl groups excluding tert-OH is 1. The average Bonchev–Trinajstić information content (AvgIpc) is 2.95. The van der Waals surface area contributed by atoms with Gasteiger partial charge in [0.1, 0.15) is 5.60 Å². The lowest BCUT2D eigenvalue weighted by molar-refractivity contribution is 0.00557. The molecule has 1 saturated heterocycles. The van der Waals surface area contributed by atoms with E-state index < -0.39 is 0 Å². The summed E-state index contributed by atoms with van der Waals surface area (Å²) in [6, 6.07) is 1.82. The van der Waals surface area contributed by atoms with Gasteiger partial charge in [0, 0.05) is 25.9 Å². The van der Waals surface area contributed by atoms with Crippen LogP contribution in [0.1, 0.15) is 25.7 Å².